The molecule has 6 nitrogen and oxygen atoms in total. The number of imidazole rings is 1. The van der Waals surface area contributed by atoms with Crippen LogP contribution in [0.4, 0.5) is 5.69 Å². The molecule has 1 saturated carbocycles. The predicted molar refractivity (Wildman–Crippen MR) is 88.4 cm³/mol. The molecule has 0 bridgehead atoms. The average Bonchev–Trinajstić information content (AvgIpc) is 3.10. The Morgan fingerprint density at radius 1 is 1.35 bits per heavy atom. The first-order chi connectivity index (χ1) is 11.0. The molecule has 0 radical (unpaired) electrons. The van der Waals surface area contributed by atoms with Gasteiger partial charge in [0, 0.05) is 13.1 Å². The second-order valence-corrected chi connectivity index (χ2v) is 7.56. The molecule has 1 aromatic carbocycles. The standard InChI is InChI=1S/C15H18ClN3O3S/c1-19-10-17-15(14(19)16)23(20,21)18-11-5-4-8-13(9-11)22-12-6-2-3-7-12/h4-5,8-10,12,18H,2-3,6-7H2,1H3. The third-order valence-corrected chi connectivity index (χ3v) is 5.65. The van der Waals surface area contributed by atoms with E-state index in [1.165, 1.54) is 23.7 Å². The first-order valence-corrected chi connectivity index (χ1v) is 9.28. The summed E-state index contributed by atoms with van der Waals surface area (Å²) in [5, 5.41) is -0.125. The topological polar surface area (TPSA) is 73.2 Å². The number of anilines is 1. The van der Waals surface area contributed by atoms with Gasteiger partial charge in [-0.15, -0.1) is 0 Å². The van der Waals surface area contributed by atoms with Crippen LogP contribution in [0.5, 0.6) is 5.75 Å². The fourth-order valence-corrected chi connectivity index (χ4v) is 4.09. The van der Waals surface area contributed by atoms with E-state index in [0.29, 0.717) is 11.4 Å². The maximum Gasteiger partial charge on any atom is 0.282 e. The summed E-state index contributed by atoms with van der Waals surface area (Å²) in [6.45, 7) is 0. The minimum atomic E-state index is -3.84. The second kappa shape index (κ2) is 6.41. The molecule has 0 spiro atoms. The Morgan fingerprint density at radius 2 is 2.09 bits per heavy atom. The monoisotopic (exact) mass is 355 g/mol. The summed E-state index contributed by atoms with van der Waals surface area (Å²) >= 11 is 5.96. The van der Waals surface area contributed by atoms with E-state index in [0.717, 1.165) is 12.8 Å². The van der Waals surface area contributed by atoms with Gasteiger partial charge in [0.2, 0.25) is 5.03 Å². The van der Waals surface area contributed by atoms with Gasteiger partial charge in [-0.1, -0.05) is 17.7 Å². The Labute approximate surface area is 140 Å². The smallest absolute Gasteiger partial charge is 0.282 e. The number of rotatable bonds is 5. The third kappa shape index (κ3) is 3.61. The van der Waals surface area contributed by atoms with Crippen molar-refractivity contribution in [3.8, 4) is 5.75 Å². The van der Waals surface area contributed by atoms with Gasteiger partial charge >= 0.3 is 0 Å². The molecular formula is C15H18ClN3O3S. The molecule has 1 heterocycles. The van der Waals surface area contributed by atoms with E-state index in [9.17, 15) is 8.42 Å². The van der Waals surface area contributed by atoms with E-state index in [1.54, 1.807) is 25.2 Å². The molecule has 0 unspecified atom stereocenters. The molecule has 8 heteroatoms. The summed E-state index contributed by atoms with van der Waals surface area (Å²) < 4.78 is 34.6. The van der Waals surface area contributed by atoms with E-state index < -0.39 is 10.0 Å². The summed E-state index contributed by atoms with van der Waals surface area (Å²) in [5.74, 6) is 0.657. The number of nitrogens with zero attached hydrogens (tertiary/aromatic N) is 2. The Hall–Kier alpha value is -1.73. The molecule has 3 rings (SSSR count). The lowest BCUT2D eigenvalue weighted by molar-refractivity contribution is 0.210. The van der Waals surface area contributed by atoms with Crippen LogP contribution in [0.25, 0.3) is 0 Å². The minimum Gasteiger partial charge on any atom is -0.490 e. The Kier molecular flexibility index (Phi) is 4.50. The highest BCUT2D eigenvalue weighted by Gasteiger charge is 2.23. The lowest BCUT2D eigenvalue weighted by atomic mass is 10.3. The molecule has 23 heavy (non-hydrogen) atoms. The van der Waals surface area contributed by atoms with E-state index in [-0.39, 0.29) is 16.3 Å². The van der Waals surface area contributed by atoms with Crippen molar-refractivity contribution in [2.75, 3.05) is 4.72 Å². The van der Waals surface area contributed by atoms with Crippen LogP contribution >= 0.6 is 11.6 Å². The summed E-state index contributed by atoms with van der Waals surface area (Å²) in [4.78, 5) is 3.84. The molecule has 0 saturated heterocycles. The van der Waals surface area contributed by atoms with Crippen molar-refractivity contribution >= 4 is 27.3 Å². The molecular weight excluding hydrogens is 338 g/mol. The van der Waals surface area contributed by atoms with Crippen LogP contribution in [0.15, 0.2) is 35.6 Å². The van der Waals surface area contributed by atoms with Crippen LogP contribution in [0.1, 0.15) is 25.7 Å². The van der Waals surface area contributed by atoms with Gasteiger partial charge in [0.05, 0.1) is 18.1 Å². The molecule has 1 fully saturated rings. The van der Waals surface area contributed by atoms with Gasteiger partial charge in [0.1, 0.15) is 10.9 Å². The molecule has 1 aliphatic rings. The van der Waals surface area contributed by atoms with Crippen molar-refractivity contribution in [1.82, 2.24) is 9.55 Å². The van der Waals surface area contributed by atoms with Crippen LogP contribution < -0.4 is 9.46 Å². The molecule has 1 N–H and O–H groups in total. The van der Waals surface area contributed by atoms with Gasteiger partial charge in [0.15, 0.2) is 0 Å². The largest absolute Gasteiger partial charge is 0.490 e. The number of halogens is 1. The molecule has 0 amide bonds. The number of hydrogen-bond acceptors (Lipinski definition) is 4. The van der Waals surface area contributed by atoms with Gasteiger partial charge in [-0.25, -0.2) is 4.98 Å². The number of ether oxygens (including phenoxy) is 1. The van der Waals surface area contributed by atoms with Crippen molar-refractivity contribution in [3.63, 3.8) is 0 Å². The quantitative estimate of drug-likeness (QED) is 0.893. The normalized spacial score (nSPS) is 15.7. The maximum absolute atomic E-state index is 12.4. The number of hydrogen-bond donors (Lipinski definition) is 1. The first kappa shape index (κ1) is 16.1. The van der Waals surface area contributed by atoms with Crippen molar-refractivity contribution in [2.45, 2.75) is 36.8 Å². The van der Waals surface area contributed by atoms with Gasteiger partial charge < -0.3 is 9.30 Å². The SMILES string of the molecule is Cn1cnc(S(=O)(=O)Nc2cccc(OC3CCCC3)c2)c1Cl. The van der Waals surface area contributed by atoms with E-state index in [4.69, 9.17) is 16.3 Å². The van der Waals surface area contributed by atoms with Crippen LogP contribution in [-0.4, -0.2) is 24.1 Å². The van der Waals surface area contributed by atoms with Gasteiger partial charge in [0.25, 0.3) is 10.0 Å². The van der Waals surface area contributed by atoms with Gasteiger partial charge in [-0.2, -0.15) is 8.42 Å². The van der Waals surface area contributed by atoms with Crippen LogP contribution in [-0.2, 0) is 17.1 Å². The first-order valence-electron chi connectivity index (χ1n) is 7.42. The fourth-order valence-electron chi connectivity index (χ4n) is 2.61. The van der Waals surface area contributed by atoms with E-state index >= 15 is 0 Å². The zero-order chi connectivity index (χ0) is 16.4. The summed E-state index contributed by atoms with van der Waals surface area (Å²) in [6.07, 6.45) is 6.01. The highest BCUT2D eigenvalue weighted by atomic mass is 35.5. The number of aryl methyl sites for hydroxylation is 1. The predicted octanol–water partition coefficient (Wildman–Crippen LogP) is 3.20. The number of aromatic nitrogens is 2. The van der Waals surface area contributed by atoms with Gasteiger partial charge in [-0.3, -0.25) is 4.72 Å². The van der Waals surface area contributed by atoms with Crippen molar-refractivity contribution in [2.24, 2.45) is 7.05 Å². The summed E-state index contributed by atoms with van der Waals surface area (Å²) in [7, 11) is -2.21. The van der Waals surface area contributed by atoms with E-state index in [1.807, 2.05) is 6.07 Å². The molecule has 124 valence electrons. The fraction of sp³-hybridized carbons (Fsp3) is 0.400. The highest BCUT2D eigenvalue weighted by molar-refractivity contribution is 7.92. The molecule has 0 aliphatic heterocycles. The zero-order valence-corrected chi connectivity index (χ0v) is 14.3. The minimum absolute atomic E-state index is 0.0656. The maximum atomic E-state index is 12.4. The average molecular weight is 356 g/mol. The van der Waals surface area contributed by atoms with Crippen LogP contribution in [0.3, 0.4) is 0 Å². The molecule has 1 aliphatic carbocycles. The van der Waals surface area contributed by atoms with Crippen molar-refractivity contribution < 1.29 is 13.2 Å². The Bertz CT molecular complexity index is 798. The second-order valence-electron chi connectivity index (χ2n) is 5.61. The zero-order valence-electron chi connectivity index (χ0n) is 12.7. The van der Waals surface area contributed by atoms with Gasteiger partial charge in [-0.05, 0) is 37.8 Å². The Morgan fingerprint density at radius 3 is 2.74 bits per heavy atom. The summed E-state index contributed by atoms with van der Waals surface area (Å²) in [6, 6.07) is 6.91. The molecule has 0 atom stereocenters. The number of sulfonamides is 1. The molecule has 2 aromatic rings. The lowest BCUT2D eigenvalue weighted by Crippen LogP contribution is -2.15. The molecule has 1 aromatic heterocycles. The lowest BCUT2D eigenvalue weighted by Gasteiger charge is -2.14. The summed E-state index contributed by atoms with van der Waals surface area (Å²) in [5.41, 5.74) is 0.419. The Balaban J connectivity index is 1.78. The van der Waals surface area contributed by atoms with E-state index in [2.05, 4.69) is 9.71 Å². The van der Waals surface area contributed by atoms with Crippen molar-refractivity contribution in [3.05, 3.63) is 35.7 Å². The van der Waals surface area contributed by atoms with Crippen LogP contribution in [0, 0.1) is 0 Å². The van der Waals surface area contributed by atoms with Crippen molar-refractivity contribution in [1.29, 1.82) is 0 Å². The highest BCUT2D eigenvalue weighted by Crippen LogP contribution is 2.27. The third-order valence-electron chi connectivity index (χ3n) is 3.78. The number of nitrogens with one attached hydrogen (secondary N) is 1. The van der Waals surface area contributed by atoms with Crippen LogP contribution in [0.2, 0.25) is 5.15 Å². The number of benzene rings is 1.